The molecule has 0 bridgehead atoms. The molecule has 0 amide bonds. The van der Waals surface area contributed by atoms with Crippen LogP contribution in [0.1, 0.15) is 39.1 Å². The Morgan fingerprint density at radius 3 is 2.03 bits per heavy atom. The molecule has 0 spiro atoms. The molecule has 2 rings (SSSR count). The quantitative estimate of drug-likeness (QED) is 0.406. The maximum absolute atomic E-state index is 12.2. The van der Waals surface area contributed by atoms with Gasteiger partial charge in [-0.1, -0.05) is 45.9 Å². The fourth-order valence-electron chi connectivity index (χ4n) is 2.37. The molecule has 1 aromatic carbocycles. The predicted molar refractivity (Wildman–Crippen MR) is 114 cm³/mol. The van der Waals surface area contributed by atoms with Crippen LogP contribution in [0.2, 0.25) is 0 Å². The number of carbonyl (C=O) groups is 2. The molecule has 0 saturated heterocycles. The average molecular weight is 412 g/mol. The number of azo groups is 1. The smallest absolute Gasteiger partial charge is 0.311 e. The van der Waals surface area contributed by atoms with Gasteiger partial charge in [-0.15, -0.1) is 5.11 Å². The van der Waals surface area contributed by atoms with Crippen LogP contribution >= 0.6 is 0 Å². The number of rotatable bonds is 10. The molecule has 2 aromatic rings. The largest absolute Gasteiger partial charge is 0.465 e. The van der Waals surface area contributed by atoms with Crippen molar-refractivity contribution >= 4 is 23.3 Å². The van der Waals surface area contributed by atoms with Gasteiger partial charge in [0.25, 0.3) is 0 Å². The van der Waals surface area contributed by atoms with E-state index in [0.717, 1.165) is 0 Å². The van der Waals surface area contributed by atoms with Gasteiger partial charge in [0.05, 0.1) is 43.1 Å². The Balaban J connectivity index is 2.19. The summed E-state index contributed by atoms with van der Waals surface area (Å²) in [5.74, 6) is -0.259. The molecular weight excluding hydrogens is 382 g/mol. The van der Waals surface area contributed by atoms with E-state index in [1.54, 1.807) is 12.1 Å². The van der Waals surface area contributed by atoms with Crippen molar-refractivity contribution in [2.45, 2.75) is 40.5 Å². The highest BCUT2D eigenvalue weighted by atomic mass is 16.5. The van der Waals surface area contributed by atoms with E-state index in [9.17, 15) is 9.59 Å². The first kappa shape index (κ1) is 23.2. The molecule has 0 N–H and O–H groups in total. The van der Waals surface area contributed by atoms with Crippen LogP contribution in [-0.4, -0.2) is 30.1 Å². The van der Waals surface area contributed by atoms with Crippen LogP contribution in [0, 0.1) is 11.8 Å². The topological polar surface area (TPSA) is 90.2 Å². The minimum Gasteiger partial charge on any atom is -0.465 e. The van der Waals surface area contributed by atoms with Gasteiger partial charge in [0.2, 0.25) is 0 Å². The lowest BCUT2D eigenvalue weighted by atomic mass is 10.2. The number of hydrogen-bond acceptors (Lipinski definition) is 7. The molecule has 160 valence electrons. The molecule has 0 saturated carbocycles. The first-order chi connectivity index (χ1) is 14.3. The van der Waals surface area contributed by atoms with Crippen molar-refractivity contribution in [3.05, 3.63) is 53.9 Å². The average Bonchev–Trinajstić information content (AvgIpc) is 2.71. The van der Waals surface area contributed by atoms with Crippen molar-refractivity contribution < 1.29 is 19.1 Å². The molecule has 7 nitrogen and oxygen atoms in total. The van der Waals surface area contributed by atoms with E-state index in [0.29, 0.717) is 36.0 Å². The van der Waals surface area contributed by atoms with Gasteiger partial charge in [-0.3, -0.25) is 14.6 Å². The van der Waals surface area contributed by atoms with Gasteiger partial charge in [0.15, 0.2) is 0 Å². The Morgan fingerprint density at radius 2 is 1.43 bits per heavy atom. The Hall–Kier alpha value is -3.09. The number of hydrogen-bond donors (Lipinski definition) is 0. The summed E-state index contributed by atoms with van der Waals surface area (Å²) in [6, 6.07) is 12.7. The number of pyridine rings is 1. The van der Waals surface area contributed by atoms with Gasteiger partial charge in [-0.25, -0.2) is 0 Å². The third kappa shape index (κ3) is 8.51. The van der Waals surface area contributed by atoms with Crippen molar-refractivity contribution in [1.29, 1.82) is 0 Å². The van der Waals surface area contributed by atoms with E-state index in [4.69, 9.17) is 9.47 Å². The van der Waals surface area contributed by atoms with Crippen LogP contribution in [0.5, 0.6) is 0 Å². The second-order valence-corrected chi connectivity index (χ2v) is 7.81. The van der Waals surface area contributed by atoms with Crippen LogP contribution in [0.25, 0.3) is 0 Å². The molecule has 7 heteroatoms. The standard InChI is InChI=1S/C23H29N3O4/c1-16(2)14-29-22(27)12-19-10-11-20(26-25-18-8-6-5-7-9-18)21(24-19)13-23(28)30-15-17(3)4/h5-11,16-17H,12-15H2,1-4H3. The zero-order valence-electron chi connectivity index (χ0n) is 18.0. The number of nitrogens with zero attached hydrogens (tertiary/aromatic N) is 3. The Kier molecular flexibility index (Phi) is 9.12. The van der Waals surface area contributed by atoms with E-state index in [1.807, 2.05) is 58.0 Å². The lowest BCUT2D eigenvalue weighted by molar-refractivity contribution is -0.144. The maximum atomic E-state index is 12.2. The first-order valence-electron chi connectivity index (χ1n) is 10.1. The highest BCUT2D eigenvalue weighted by Gasteiger charge is 2.15. The second-order valence-electron chi connectivity index (χ2n) is 7.81. The van der Waals surface area contributed by atoms with E-state index in [1.165, 1.54) is 0 Å². The first-order valence-corrected chi connectivity index (χ1v) is 10.1. The summed E-state index contributed by atoms with van der Waals surface area (Å²) in [6.07, 6.45) is -0.0262. The molecule has 0 aliphatic rings. The summed E-state index contributed by atoms with van der Waals surface area (Å²) in [7, 11) is 0. The van der Waals surface area contributed by atoms with Gasteiger partial charge >= 0.3 is 11.9 Å². The maximum Gasteiger partial charge on any atom is 0.311 e. The summed E-state index contributed by atoms with van der Waals surface area (Å²) in [4.78, 5) is 28.7. The Morgan fingerprint density at radius 1 is 0.833 bits per heavy atom. The number of benzene rings is 1. The van der Waals surface area contributed by atoms with Crippen LogP contribution in [0.4, 0.5) is 11.4 Å². The molecule has 30 heavy (non-hydrogen) atoms. The molecule has 0 fully saturated rings. The summed E-state index contributed by atoms with van der Waals surface area (Å²) in [5, 5.41) is 8.44. The lowest BCUT2D eigenvalue weighted by Gasteiger charge is -2.10. The van der Waals surface area contributed by atoms with Crippen molar-refractivity contribution in [2.24, 2.45) is 22.1 Å². The van der Waals surface area contributed by atoms with Crippen molar-refractivity contribution in [3.8, 4) is 0 Å². The number of esters is 2. The number of aromatic nitrogens is 1. The van der Waals surface area contributed by atoms with Crippen LogP contribution < -0.4 is 0 Å². The van der Waals surface area contributed by atoms with Gasteiger partial charge in [0.1, 0.15) is 5.69 Å². The molecule has 1 aromatic heterocycles. The highest BCUT2D eigenvalue weighted by molar-refractivity contribution is 5.75. The minimum absolute atomic E-state index is 0.0247. The molecule has 0 aliphatic heterocycles. The molecule has 1 heterocycles. The molecule has 0 radical (unpaired) electrons. The Labute approximate surface area is 177 Å². The number of ether oxygens (including phenoxy) is 2. The second kappa shape index (κ2) is 11.8. The lowest BCUT2D eigenvalue weighted by Crippen LogP contribution is -2.15. The normalized spacial score (nSPS) is 11.3. The molecule has 0 aliphatic carbocycles. The van der Waals surface area contributed by atoms with Crippen molar-refractivity contribution in [3.63, 3.8) is 0 Å². The van der Waals surface area contributed by atoms with Crippen LogP contribution in [-0.2, 0) is 31.9 Å². The van der Waals surface area contributed by atoms with Crippen LogP contribution in [0.15, 0.2) is 52.7 Å². The van der Waals surface area contributed by atoms with E-state index in [2.05, 4.69) is 15.2 Å². The zero-order valence-corrected chi connectivity index (χ0v) is 18.0. The monoisotopic (exact) mass is 411 g/mol. The minimum atomic E-state index is -0.396. The summed E-state index contributed by atoms with van der Waals surface area (Å²) >= 11 is 0. The predicted octanol–water partition coefficient (Wildman–Crippen LogP) is 4.98. The van der Waals surface area contributed by atoms with Gasteiger partial charge < -0.3 is 9.47 Å². The van der Waals surface area contributed by atoms with Crippen LogP contribution in [0.3, 0.4) is 0 Å². The van der Waals surface area contributed by atoms with E-state index < -0.39 is 5.97 Å². The van der Waals surface area contributed by atoms with Gasteiger partial charge in [-0.05, 0) is 36.1 Å². The van der Waals surface area contributed by atoms with E-state index >= 15 is 0 Å². The van der Waals surface area contributed by atoms with Crippen molar-refractivity contribution in [1.82, 2.24) is 4.98 Å². The van der Waals surface area contributed by atoms with Gasteiger partial charge in [0, 0.05) is 0 Å². The fraction of sp³-hybridized carbons (Fsp3) is 0.435. The Bertz CT molecular complexity index is 864. The summed E-state index contributed by atoms with van der Waals surface area (Å²) < 4.78 is 10.5. The molecule has 0 atom stereocenters. The molecular formula is C23H29N3O4. The van der Waals surface area contributed by atoms with Crippen molar-refractivity contribution in [2.75, 3.05) is 13.2 Å². The summed E-state index contributed by atoms with van der Waals surface area (Å²) in [5.41, 5.74) is 2.07. The molecule has 0 unspecified atom stereocenters. The SMILES string of the molecule is CC(C)COC(=O)Cc1ccc(N=Nc2ccccc2)c(CC(=O)OCC(C)C)n1. The third-order valence-electron chi connectivity index (χ3n) is 3.83. The summed E-state index contributed by atoms with van der Waals surface area (Å²) in [6.45, 7) is 8.57. The van der Waals surface area contributed by atoms with Gasteiger partial charge in [-0.2, -0.15) is 5.11 Å². The highest BCUT2D eigenvalue weighted by Crippen LogP contribution is 2.23. The third-order valence-corrected chi connectivity index (χ3v) is 3.83. The zero-order chi connectivity index (χ0) is 21.9. The van der Waals surface area contributed by atoms with E-state index in [-0.39, 0.29) is 30.6 Å². The fourth-order valence-corrected chi connectivity index (χ4v) is 2.37. The number of carbonyl (C=O) groups excluding carboxylic acids is 2.